The summed E-state index contributed by atoms with van der Waals surface area (Å²) in [4.78, 5) is 3.68. The van der Waals surface area contributed by atoms with Crippen LogP contribution >= 0.6 is 38.9 Å². The van der Waals surface area contributed by atoms with Gasteiger partial charge in [0, 0.05) is 28.5 Å². The molecule has 1 aliphatic heterocycles. The van der Waals surface area contributed by atoms with E-state index in [2.05, 4.69) is 39.3 Å². The maximum absolute atomic E-state index is 6.02. The maximum Gasteiger partial charge on any atom is 0.107 e. The Labute approximate surface area is 114 Å². The van der Waals surface area contributed by atoms with Crippen molar-refractivity contribution >= 4 is 38.9 Å². The van der Waals surface area contributed by atoms with Crippen molar-refractivity contribution < 1.29 is 0 Å². The molecule has 90 valence electrons. The fourth-order valence-electron chi connectivity index (χ4n) is 2.09. The Kier molecular flexibility index (Phi) is 4.67. The SMILES string of the molecule is CN(Cc1cc(Br)c(Cl)s1)CC1CCCN1. The van der Waals surface area contributed by atoms with E-state index in [0.717, 1.165) is 21.9 Å². The zero-order valence-electron chi connectivity index (χ0n) is 9.30. The van der Waals surface area contributed by atoms with Crippen molar-refractivity contribution in [2.24, 2.45) is 0 Å². The summed E-state index contributed by atoms with van der Waals surface area (Å²) >= 11 is 11.1. The molecule has 0 radical (unpaired) electrons. The first kappa shape index (κ1) is 12.8. The van der Waals surface area contributed by atoms with Gasteiger partial charge in [0.2, 0.25) is 0 Å². The summed E-state index contributed by atoms with van der Waals surface area (Å²) in [5, 5.41) is 3.52. The molecule has 0 amide bonds. The molecule has 0 bridgehead atoms. The molecular weight excluding hydrogens is 308 g/mol. The van der Waals surface area contributed by atoms with Crippen LogP contribution in [-0.4, -0.2) is 31.1 Å². The predicted molar refractivity (Wildman–Crippen MR) is 74.4 cm³/mol. The average Bonchev–Trinajstić information content (AvgIpc) is 2.78. The molecule has 1 aliphatic rings. The van der Waals surface area contributed by atoms with E-state index in [-0.39, 0.29) is 0 Å². The number of hydrogen-bond acceptors (Lipinski definition) is 3. The van der Waals surface area contributed by atoms with E-state index in [1.54, 1.807) is 11.3 Å². The van der Waals surface area contributed by atoms with Crippen LogP contribution in [0.1, 0.15) is 17.7 Å². The Balaban J connectivity index is 1.84. The van der Waals surface area contributed by atoms with Crippen molar-refractivity contribution in [1.29, 1.82) is 0 Å². The van der Waals surface area contributed by atoms with E-state index in [0.29, 0.717) is 6.04 Å². The summed E-state index contributed by atoms with van der Waals surface area (Å²) in [5.41, 5.74) is 0. The van der Waals surface area contributed by atoms with Gasteiger partial charge in [0.05, 0.1) is 0 Å². The van der Waals surface area contributed by atoms with Gasteiger partial charge in [-0.1, -0.05) is 11.6 Å². The van der Waals surface area contributed by atoms with Crippen molar-refractivity contribution in [2.75, 3.05) is 20.1 Å². The van der Waals surface area contributed by atoms with Crippen LogP contribution in [0.25, 0.3) is 0 Å². The van der Waals surface area contributed by atoms with Crippen LogP contribution in [0.2, 0.25) is 4.34 Å². The Morgan fingerprint density at radius 3 is 3.06 bits per heavy atom. The van der Waals surface area contributed by atoms with Crippen LogP contribution in [0, 0.1) is 0 Å². The van der Waals surface area contributed by atoms with Gasteiger partial charge in [-0.05, 0) is 48.4 Å². The Morgan fingerprint density at radius 1 is 1.69 bits per heavy atom. The number of nitrogens with zero attached hydrogens (tertiary/aromatic N) is 1. The second-order valence-corrected chi connectivity index (χ2v) is 6.92. The summed E-state index contributed by atoms with van der Waals surface area (Å²) in [7, 11) is 2.17. The van der Waals surface area contributed by atoms with Gasteiger partial charge in [0.25, 0.3) is 0 Å². The van der Waals surface area contributed by atoms with Crippen LogP contribution in [0.15, 0.2) is 10.5 Å². The third-order valence-electron chi connectivity index (χ3n) is 2.82. The monoisotopic (exact) mass is 322 g/mol. The highest BCUT2D eigenvalue weighted by atomic mass is 79.9. The number of rotatable bonds is 4. The van der Waals surface area contributed by atoms with Crippen LogP contribution in [0.5, 0.6) is 0 Å². The molecule has 1 N–H and O–H groups in total. The van der Waals surface area contributed by atoms with Gasteiger partial charge >= 0.3 is 0 Å². The zero-order chi connectivity index (χ0) is 11.5. The van der Waals surface area contributed by atoms with Crippen molar-refractivity contribution in [3.05, 3.63) is 19.8 Å². The van der Waals surface area contributed by atoms with E-state index in [9.17, 15) is 0 Å². The predicted octanol–water partition coefficient (Wildman–Crippen LogP) is 3.35. The molecule has 2 heterocycles. The first-order chi connectivity index (χ1) is 7.65. The topological polar surface area (TPSA) is 15.3 Å². The van der Waals surface area contributed by atoms with Crippen LogP contribution in [0.3, 0.4) is 0 Å². The molecule has 1 fully saturated rings. The van der Waals surface area contributed by atoms with E-state index < -0.39 is 0 Å². The number of hydrogen-bond donors (Lipinski definition) is 1. The van der Waals surface area contributed by atoms with Gasteiger partial charge in [-0.2, -0.15) is 0 Å². The molecule has 0 saturated carbocycles. The number of thiophene rings is 1. The molecule has 5 heteroatoms. The number of likely N-dealkylation sites (N-methyl/N-ethyl adjacent to an activating group) is 1. The minimum absolute atomic E-state index is 0.670. The molecule has 1 atom stereocenters. The summed E-state index contributed by atoms with van der Waals surface area (Å²) in [6, 6.07) is 2.79. The number of halogens is 2. The Morgan fingerprint density at radius 2 is 2.50 bits per heavy atom. The molecule has 1 aromatic rings. The second-order valence-electron chi connectivity index (χ2n) is 4.32. The maximum atomic E-state index is 6.02. The van der Waals surface area contributed by atoms with Gasteiger partial charge in [0.1, 0.15) is 4.34 Å². The number of nitrogens with one attached hydrogen (secondary N) is 1. The Hall–Kier alpha value is 0.390. The van der Waals surface area contributed by atoms with Gasteiger partial charge < -0.3 is 5.32 Å². The second kappa shape index (κ2) is 5.83. The molecule has 0 aliphatic carbocycles. The lowest BCUT2D eigenvalue weighted by molar-refractivity contribution is 0.295. The molecule has 1 saturated heterocycles. The molecule has 1 aromatic heterocycles. The summed E-state index contributed by atoms with van der Waals surface area (Å²) in [5.74, 6) is 0. The van der Waals surface area contributed by atoms with E-state index >= 15 is 0 Å². The molecule has 0 spiro atoms. The molecule has 2 nitrogen and oxygen atoms in total. The fourth-order valence-corrected chi connectivity index (χ4v) is 3.96. The lowest BCUT2D eigenvalue weighted by Gasteiger charge is -2.20. The van der Waals surface area contributed by atoms with Crippen LogP contribution < -0.4 is 5.32 Å². The fraction of sp³-hybridized carbons (Fsp3) is 0.636. The molecule has 2 rings (SSSR count). The summed E-state index contributed by atoms with van der Waals surface area (Å²) in [6.45, 7) is 3.27. The van der Waals surface area contributed by atoms with Gasteiger partial charge in [-0.25, -0.2) is 0 Å². The largest absolute Gasteiger partial charge is 0.313 e. The summed E-state index contributed by atoms with van der Waals surface area (Å²) in [6.07, 6.45) is 2.62. The van der Waals surface area contributed by atoms with Crippen molar-refractivity contribution in [2.45, 2.75) is 25.4 Å². The average molecular weight is 324 g/mol. The van der Waals surface area contributed by atoms with Crippen LogP contribution in [-0.2, 0) is 6.54 Å². The van der Waals surface area contributed by atoms with E-state index in [1.165, 1.54) is 24.3 Å². The minimum atomic E-state index is 0.670. The van der Waals surface area contributed by atoms with Crippen LogP contribution in [0.4, 0.5) is 0 Å². The minimum Gasteiger partial charge on any atom is -0.313 e. The summed E-state index contributed by atoms with van der Waals surface area (Å²) < 4.78 is 1.86. The standard InChI is InChI=1S/C11H16BrClN2S/c1-15(6-8-3-2-4-14-8)7-9-5-10(12)11(13)16-9/h5,8,14H,2-4,6-7H2,1H3. The third-order valence-corrected chi connectivity index (χ3v) is 5.28. The highest BCUT2D eigenvalue weighted by Gasteiger charge is 2.16. The lowest BCUT2D eigenvalue weighted by Crippen LogP contribution is -2.34. The van der Waals surface area contributed by atoms with Crippen molar-refractivity contribution in [1.82, 2.24) is 10.2 Å². The van der Waals surface area contributed by atoms with Crippen molar-refractivity contribution in [3.63, 3.8) is 0 Å². The molecular formula is C11H16BrClN2S. The molecule has 1 unspecified atom stereocenters. The molecule has 0 aromatic carbocycles. The first-order valence-corrected chi connectivity index (χ1v) is 7.49. The van der Waals surface area contributed by atoms with Gasteiger partial charge in [-0.15, -0.1) is 11.3 Å². The highest BCUT2D eigenvalue weighted by molar-refractivity contribution is 9.10. The van der Waals surface area contributed by atoms with Gasteiger partial charge in [0.15, 0.2) is 0 Å². The van der Waals surface area contributed by atoms with E-state index in [1.807, 2.05) is 0 Å². The Bertz CT molecular complexity index is 330. The first-order valence-electron chi connectivity index (χ1n) is 5.51. The smallest absolute Gasteiger partial charge is 0.107 e. The van der Waals surface area contributed by atoms with Gasteiger partial charge in [-0.3, -0.25) is 4.90 Å². The zero-order valence-corrected chi connectivity index (χ0v) is 12.5. The third kappa shape index (κ3) is 3.44. The van der Waals surface area contributed by atoms with Crippen molar-refractivity contribution in [3.8, 4) is 0 Å². The quantitative estimate of drug-likeness (QED) is 0.914. The lowest BCUT2D eigenvalue weighted by atomic mass is 10.2. The molecule has 16 heavy (non-hydrogen) atoms. The van der Waals surface area contributed by atoms with E-state index in [4.69, 9.17) is 11.6 Å². The normalized spacial score (nSPS) is 20.9. The highest BCUT2D eigenvalue weighted by Crippen LogP contribution is 2.32.